The van der Waals surface area contributed by atoms with Gasteiger partial charge in [-0.15, -0.1) is 0 Å². The summed E-state index contributed by atoms with van der Waals surface area (Å²) in [5, 5.41) is 0. The molecular formula is C4H9BiO. The van der Waals surface area contributed by atoms with Crippen molar-refractivity contribution in [2.24, 2.45) is 0 Å². The van der Waals surface area contributed by atoms with Crippen LogP contribution >= 0.6 is 0 Å². The number of hydrogen-bond acceptors (Lipinski definition) is 1. The Morgan fingerprint density at radius 3 is 2.50 bits per heavy atom. The Labute approximate surface area is 50.1 Å². The maximum atomic E-state index is 9.87. The molecule has 0 spiro atoms. The predicted octanol–water partition coefficient (Wildman–Crippen LogP) is 1.25. The molecule has 0 radical (unpaired) electrons. The second-order valence-corrected chi connectivity index (χ2v) is 3.95. The summed E-state index contributed by atoms with van der Waals surface area (Å²) < 4.78 is 10.9. The van der Waals surface area contributed by atoms with Crippen LogP contribution in [0.2, 0.25) is 4.13 Å². The minimum atomic E-state index is -1.13. The van der Waals surface area contributed by atoms with Crippen molar-refractivity contribution >= 4 is 23.2 Å². The van der Waals surface area contributed by atoms with E-state index in [4.69, 9.17) is 0 Å². The van der Waals surface area contributed by atoms with Gasteiger partial charge >= 0.3 is 49.9 Å². The molecule has 0 heterocycles. The van der Waals surface area contributed by atoms with Gasteiger partial charge in [-0.05, 0) is 0 Å². The Morgan fingerprint density at radius 1 is 1.67 bits per heavy atom. The molecule has 0 amide bonds. The zero-order valence-corrected chi connectivity index (χ0v) is 7.45. The van der Waals surface area contributed by atoms with Crippen LogP contribution in [0.4, 0.5) is 0 Å². The van der Waals surface area contributed by atoms with Gasteiger partial charge in [0.1, 0.15) is 0 Å². The standard InChI is InChI=1S/C4H9.Bi.O/c1-3-4-2;;/h1,3-4H2,2H3;;. The zero-order valence-electron chi connectivity index (χ0n) is 3.98. The van der Waals surface area contributed by atoms with E-state index in [9.17, 15) is 2.81 Å². The first-order valence-electron chi connectivity index (χ1n) is 2.21. The van der Waals surface area contributed by atoms with Gasteiger partial charge in [-0.1, -0.05) is 0 Å². The first-order valence-corrected chi connectivity index (χ1v) is 6.08. The quantitative estimate of drug-likeness (QED) is 0.562. The molecule has 0 aromatic rings. The van der Waals surface area contributed by atoms with E-state index in [0.717, 1.165) is 4.13 Å². The van der Waals surface area contributed by atoms with E-state index in [2.05, 4.69) is 6.92 Å². The van der Waals surface area contributed by atoms with Gasteiger partial charge in [0.15, 0.2) is 0 Å². The molecule has 0 fully saturated rings. The van der Waals surface area contributed by atoms with Crippen LogP contribution in [0.25, 0.3) is 0 Å². The fraction of sp³-hybridized carbons (Fsp3) is 1.00. The SMILES string of the molecule is CCC[CH2][Bi]=[O]. The van der Waals surface area contributed by atoms with E-state index in [0.29, 0.717) is 0 Å². The second-order valence-electron chi connectivity index (χ2n) is 1.21. The van der Waals surface area contributed by atoms with Crippen LogP contribution in [0.5, 0.6) is 0 Å². The van der Waals surface area contributed by atoms with Crippen LogP contribution in [0.3, 0.4) is 0 Å². The summed E-state index contributed by atoms with van der Waals surface area (Å²) in [6.45, 7) is 2.12. The predicted molar refractivity (Wildman–Crippen MR) is 26.2 cm³/mol. The van der Waals surface area contributed by atoms with E-state index in [1.165, 1.54) is 12.8 Å². The summed E-state index contributed by atoms with van der Waals surface area (Å²) in [5.41, 5.74) is 0. The molecule has 36 valence electrons. The van der Waals surface area contributed by atoms with Crippen molar-refractivity contribution in [3.63, 3.8) is 0 Å². The van der Waals surface area contributed by atoms with Crippen molar-refractivity contribution in [1.82, 2.24) is 0 Å². The summed E-state index contributed by atoms with van der Waals surface area (Å²) in [6, 6.07) is 0. The van der Waals surface area contributed by atoms with Crippen LogP contribution in [0.15, 0.2) is 0 Å². The summed E-state index contributed by atoms with van der Waals surface area (Å²) in [7, 11) is 0. The summed E-state index contributed by atoms with van der Waals surface area (Å²) in [4.78, 5) is 0. The molecule has 0 aromatic heterocycles. The number of unbranched alkanes of at least 4 members (excludes halogenated alkanes) is 1. The Balaban J connectivity index is 2.49. The van der Waals surface area contributed by atoms with Crippen molar-refractivity contribution in [3.05, 3.63) is 0 Å². The minimum absolute atomic E-state index is 1.04. The Morgan fingerprint density at radius 2 is 2.33 bits per heavy atom. The number of rotatable bonds is 3. The van der Waals surface area contributed by atoms with Crippen LogP contribution in [0, 0.1) is 0 Å². The zero-order chi connectivity index (χ0) is 4.83. The van der Waals surface area contributed by atoms with Gasteiger partial charge in [0, 0.05) is 0 Å². The second kappa shape index (κ2) is 5.68. The topological polar surface area (TPSA) is 17.1 Å². The molecule has 0 N–H and O–H groups in total. The molecule has 0 aliphatic heterocycles. The maximum absolute atomic E-state index is 9.87. The molecule has 0 atom stereocenters. The van der Waals surface area contributed by atoms with Gasteiger partial charge in [-0.3, -0.25) is 0 Å². The molecule has 0 rings (SSSR count). The van der Waals surface area contributed by atoms with Gasteiger partial charge < -0.3 is 0 Å². The molecule has 0 aromatic carbocycles. The van der Waals surface area contributed by atoms with E-state index in [1.54, 1.807) is 0 Å². The Bertz CT molecular complexity index is 36.5. The fourth-order valence-electron chi connectivity index (χ4n) is 0.223. The van der Waals surface area contributed by atoms with Crippen LogP contribution in [-0.4, -0.2) is 23.2 Å². The fourth-order valence-corrected chi connectivity index (χ4v) is 1.95. The first-order chi connectivity index (χ1) is 2.91. The van der Waals surface area contributed by atoms with Gasteiger partial charge in [0.2, 0.25) is 0 Å². The average Bonchev–Trinajstić information content (AvgIpc) is 1.61. The molecule has 6 heavy (non-hydrogen) atoms. The molecule has 2 heteroatoms. The van der Waals surface area contributed by atoms with Gasteiger partial charge in [-0.2, -0.15) is 0 Å². The van der Waals surface area contributed by atoms with E-state index < -0.39 is 23.2 Å². The van der Waals surface area contributed by atoms with Gasteiger partial charge in [-0.25, -0.2) is 0 Å². The normalized spacial score (nSPS) is 8.17. The molecular weight excluding hydrogens is 273 g/mol. The molecule has 0 bridgehead atoms. The summed E-state index contributed by atoms with van der Waals surface area (Å²) in [6.07, 6.45) is 2.38. The van der Waals surface area contributed by atoms with Crippen LogP contribution < -0.4 is 0 Å². The van der Waals surface area contributed by atoms with Gasteiger partial charge in [0.05, 0.1) is 0 Å². The Hall–Kier alpha value is 0.683. The third-order valence-electron chi connectivity index (χ3n) is 0.603. The first kappa shape index (κ1) is 6.68. The summed E-state index contributed by atoms with van der Waals surface area (Å²) in [5.74, 6) is 0. The molecule has 0 saturated heterocycles. The van der Waals surface area contributed by atoms with E-state index in [-0.39, 0.29) is 0 Å². The molecule has 1 nitrogen and oxygen atoms in total. The summed E-state index contributed by atoms with van der Waals surface area (Å²) >= 11 is -1.13. The van der Waals surface area contributed by atoms with Crippen molar-refractivity contribution < 1.29 is 2.81 Å². The average molecular weight is 282 g/mol. The van der Waals surface area contributed by atoms with Crippen LogP contribution in [-0.2, 0) is 2.81 Å². The van der Waals surface area contributed by atoms with E-state index >= 15 is 0 Å². The third-order valence-corrected chi connectivity index (χ3v) is 2.54. The van der Waals surface area contributed by atoms with E-state index in [1.807, 2.05) is 0 Å². The van der Waals surface area contributed by atoms with Crippen molar-refractivity contribution in [2.75, 3.05) is 0 Å². The van der Waals surface area contributed by atoms with Gasteiger partial charge in [0.25, 0.3) is 0 Å². The van der Waals surface area contributed by atoms with Crippen molar-refractivity contribution in [3.8, 4) is 0 Å². The monoisotopic (exact) mass is 282 g/mol. The Kier molecular flexibility index (Phi) is 6.33. The molecule has 0 aliphatic carbocycles. The molecule has 0 aliphatic rings. The molecule has 0 unspecified atom stereocenters. The molecule has 0 saturated carbocycles. The van der Waals surface area contributed by atoms with Crippen molar-refractivity contribution in [1.29, 1.82) is 0 Å². The van der Waals surface area contributed by atoms with Crippen LogP contribution in [0.1, 0.15) is 19.8 Å². The number of hydrogen-bond donors (Lipinski definition) is 0. The third kappa shape index (κ3) is 4.68. The van der Waals surface area contributed by atoms with Crippen molar-refractivity contribution in [2.45, 2.75) is 23.9 Å².